The van der Waals surface area contributed by atoms with Gasteiger partial charge in [0.25, 0.3) is 0 Å². The summed E-state index contributed by atoms with van der Waals surface area (Å²) < 4.78 is 39.5. The minimum Gasteiger partial charge on any atom is -0.370 e. The summed E-state index contributed by atoms with van der Waals surface area (Å²) in [6.07, 6.45) is -1.72. The van der Waals surface area contributed by atoms with Crippen LogP contribution >= 0.6 is 11.6 Å². The second kappa shape index (κ2) is 9.51. The Morgan fingerprint density at radius 2 is 1.63 bits per heavy atom. The molecule has 1 saturated heterocycles. The molecule has 2 aromatic carbocycles. The van der Waals surface area contributed by atoms with Crippen LogP contribution in [0.5, 0.6) is 0 Å². The number of rotatable bonds is 6. The van der Waals surface area contributed by atoms with Gasteiger partial charge < -0.3 is 10.2 Å². The molecule has 1 N–H and O–H groups in total. The van der Waals surface area contributed by atoms with E-state index in [1.807, 2.05) is 4.90 Å². The number of ketones is 1. The lowest BCUT2D eigenvalue weighted by molar-refractivity contribution is -0.137. The fourth-order valence-electron chi connectivity index (χ4n) is 3.44. The van der Waals surface area contributed by atoms with Gasteiger partial charge in [0.2, 0.25) is 5.91 Å². The fourth-order valence-corrected chi connectivity index (χ4v) is 3.57. The molecule has 1 fully saturated rings. The van der Waals surface area contributed by atoms with Gasteiger partial charge in [-0.15, -0.1) is 0 Å². The lowest BCUT2D eigenvalue weighted by atomic mass is 10.1. The Bertz CT molecular complexity index is 908. The first-order valence-electron chi connectivity index (χ1n) is 9.79. The molecule has 1 heterocycles. The summed E-state index contributed by atoms with van der Waals surface area (Å²) in [6, 6.07) is 9.72. The van der Waals surface area contributed by atoms with Gasteiger partial charge >= 0.3 is 6.18 Å². The first-order chi connectivity index (χ1) is 14.2. The quantitative estimate of drug-likeness (QED) is 0.567. The number of amides is 1. The summed E-state index contributed by atoms with van der Waals surface area (Å²) in [7, 11) is 0. The zero-order chi connectivity index (χ0) is 21.7. The maximum atomic E-state index is 13.2. The Morgan fingerprint density at radius 3 is 2.27 bits per heavy atom. The Morgan fingerprint density at radius 1 is 0.967 bits per heavy atom. The van der Waals surface area contributed by atoms with Crippen LogP contribution in [0.4, 0.5) is 24.5 Å². The number of alkyl halides is 3. The summed E-state index contributed by atoms with van der Waals surface area (Å²) in [5.74, 6) is -0.739. The third-order valence-electron chi connectivity index (χ3n) is 5.04. The zero-order valence-corrected chi connectivity index (χ0v) is 17.0. The van der Waals surface area contributed by atoms with Crippen molar-refractivity contribution >= 4 is 34.7 Å². The van der Waals surface area contributed by atoms with Gasteiger partial charge in [-0.25, -0.2) is 0 Å². The molecule has 0 aromatic heterocycles. The van der Waals surface area contributed by atoms with Crippen molar-refractivity contribution in [2.45, 2.75) is 38.3 Å². The molecule has 160 valence electrons. The van der Waals surface area contributed by atoms with E-state index in [2.05, 4.69) is 5.32 Å². The highest BCUT2D eigenvalue weighted by Gasteiger charge is 2.32. The van der Waals surface area contributed by atoms with Crippen LogP contribution in [0.15, 0.2) is 42.5 Å². The molecule has 3 rings (SSSR count). The standard InChI is InChI=1S/C22H22ClF3N2O2/c23-17-7-4-15(5-8-17)20(29)10-11-21(30)27-18-14-16(22(24,25)26)6-9-19(18)28-12-2-1-3-13-28/h4-9,14H,1-3,10-13H2,(H,27,30). The number of hydrogen-bond donors (Lipinski definition) is 1. The van der Waals surface area contributed by atoms with E-state index in [0.717, 1.165) is 44.5 Å². The van der Waals surface area contributed by atoms with Crippen molar-refractivity contribution in [3.05, 3.63) is 58.6 Å². The maximum absolute atomic E-state index is 13.2. The third kappa shape index (κ3) is 5.75. The molecule has 0 saturated carbocycles. The van der Waals surface area contributed by atoms with E-state index in [1.54, 1.807) is 24.3 Å². The van der Waals surface area contributed by atoms with Gasteiger partial charge in [-0.05, 0) is 61.7 Å². The highest BCUT2D eigenvalue weighted by Crippen LogP contribution is 2.36. The molecular formula is C22H22ClF3N2O2. The van der Waals surface area contributed by atoms with Crippen molar-refractivity contribution in [3.8, 4) is 0 Å². The van der Waals surface area contributed by atoms with Crippen LogP contribution in [-0.4, -0.2) is 24.8 Å². The molecule has 0 bridgehead atoms. The number of nitrogens with zero attached hydrogens (tertiary/aromatic N) is 1. The topological polar surface area (TPSA) is 49.4 Å². The summed E-state index contributed by atoms with van der Waals surface area (Å²) in [5, 5.41) is 3.08. The van der Waals surface area contributed by atoms with Crippen LogP contribution < -0.4 is 10.2 Å². The molecule has 8 heteroatoms. The van der Waals surface area contributed by atoms with E-state index in [9.17, 15) is 22.8 Å². The lowest BCUT2D eigenvalue weighted by Gasteiger charge is -2.31. The van der Waals surface area contributed by atoms with E-state index in [0.29, 0.717) is 16.3 Å². The van der Waals surface area contributed by atoms with Gasteiger partial charge in [0.1, 0.15) is 0 Å². The van der Waals surface area contributed by atoms with E-state index >= 15 is 0 Å². The van der Waals surface area contributed by atoms with Gasteiger partial charge in [0, 0.05) is 36.5 Å². The predicted molar refractivity (Wildman–Crippen MR) is 111 cm³/mol. The number of Topliss-reactive ketones (excluding diaryl/α,β-unsaturated/α-hetero) is 1. The van der Waals surface area contributed by atoms with Gasteiger partial charge in [-0.3, -0.25) is 9.59 Å². The molecule has 4 nitrogen and oxygen atoms in total. The van der Waals surface area contributed by atoms with Crippen LogP contribution in [0.3, 0.4) is 0 Å². The van der Waals surface area contributed by atoms with Crippen molar-refractivity contribution in [1.82, 2.24) is 0 Å². The smallest absolute Gasteiger partial charge is 0.370 e. The summed E-state index contributed by atoms with van der Waals surface area (Å²) >= 11 is 5.80. The molecule has 1 amide bonds. The Hall–Kier alpha value is -2.54. The largest absolute Gasteiger partial charge is 0.416 e. The van der Waals surface area contributed by atoms with Crippen LogP contribution in [0.1, 0.15) is 48.0 Å². The van der Waals surface area contributed by atoms with Gasteiger partial charge in [0.05, 0.1) is 16.9 Å². The van der Waals surface area contributed by atoms with Gasteiger partial charge in [-0.1, -0.05) is 11.6 Å². The highest BCUT2D eigenvalue weighted by atomic mass is 35.5. The number of piperidine rings is 1. The van der Waals surface area contributed by atoms with Crippen LogP contribution in [-0.2, 0) is 11.0 Å². The zero-order valence-electron chi connectivity index (χ0n) is 16.3. The van der Waals surface area contributed by atoms with E-state index in [-0.39, 0.29) is 24.3 Å². The molecule has 1 aliphatic rings. The molecule has 0 atom stereocenters. The number of halogens is 4. The first-order valence-corrected chi connectivity index (χ1v) is 10.2. The highest BCUT2D eigenvalue weighted by molar-refractivity contribution is 6.30. The molecule has 2 aromatic rings. The number of anilines is 2. The van der Waals surface area contributed by atoms with E-state index in [4.69, 9.17) is 11.6 Å². The fraction of sp³-hybridized carbons (Fsp3) is 0.364. The van der Waals surface area contributed by atoms with Gasteiger partial charge in [0.15, 0.2) is 5.78 Å². The number of nitrogens with one attached hydrogen (secondary N) is 1. The van der Waals surface area contributed by atoms with Crippen molar-refractivity contribution in [3.63, 3.8) is 0 Å². The molecule has 0 radical (unpaired) electrons. The number of benzene rings is 2. The molecule has 30 heavy (non-hydrogen) atoms. The summed E-state index contributed by atoms with van der Waals surface area (Å²) in [5.41, 5.74) is 0.298. The average Bonchev–Trinajstić information content (AvgIpc) is 2.72. The third-order valence-corrected chi connectivity index (χ3v) is 5.29. The van der Waals surface area contributed by atoms with Crippen molar-refractivity contribution in [2.24, 2.45) is 0 Å². The normalized spacial score (nSPS) is 14.5. The second-order valence-corrected chi connectivity index (χ2v) is 7.69. The Labute approximate surface area is 178 Å². The maximum Gasteiger partial charge on any atom is 0.416 e. The predicted octanol–water partition coefficient (Wildman–Crippen LogP) is 5.95. The number of carbonyl (C=O) groups is 2. The van der Waals surface area contributed by atoms with Crippen molar-refractivity contribution in [1.29, 1.82) is 0 Å². The minimum absolute atomic E-state index is 0.0501. The monoisotopic (exact) mass is 438 g/mol. The van der Waals surface area contributed by atoms with E-state index in [1.165, 1.54) is 6.07 Å². The van der Waals surface area contributed by atoms with Crippen molar-refractivity contribution < 1.29 is 22.8 Å². The van der Waals surface area contributed by atoms with Crippen LogP contribution in [0.25, 0.3) is 0 Å². The van der Waals surface area contributed by atoms with Crippen LogP contribution in [0.2, 0.25) is 5.02 Å². The van der Waals surface area contributed by atoms with Crippen molar-refractivity contribution in [2.75, 3.05) is 23.3 Å². The minimum atomic E-state index is -4.51. The molecule has 0 aliphatic carbocycles. The van der Waals surface area contributed by atoms with Gasteiger partial charge in [-0.2, -0.15) is 13.2 Å². The molecular weight excluding hydrogens is 417 g/mol. The molecule has 1 aliphatic heterocycles. The average molecular weight is 439 g/mol. The summed E-state index contributed by atoms with van der Waals surface area (Å²) in [4.78, 5) is 26.6. The Balaban J connectivity index is 1.71. The number of hydrogen-bond acceptors (Lipinski definition) is 3. The molecule has 0 unspecified atom stereocenters. The van der Waals surface area contributed by atoms with E-state index < -0.39 is 17.6 Å². The van der Waals surface area contributed by atoms with Crippen LogP contribution in [0, 0.1) is 0 Å². The SMILES string of the molecule is O=C(CCC(=O)c1ccc(Cl)cc1)Nc1cc(C(F)(F)F)ccc1N1CCCCC1. The second-order valence-electron chi connectivity index (χ2n) is 7.26. The summed E-state index contributed by atoms with van der Waals surface area (Å²) in [6.45, 7) is 1.45. The number of carbonyl (C=O) groups excluding carboxylic acids is 2. The molecule has 0 spiro atoms. The first kappa shape index (κ1) is 22.2. The lowest BCUT2D eigenvalue weighted by Crippen LogP contribution is -2.30. The Kier molecular flexibility index (Phi) is 7.02.